The van der Waals surface area contributed by atoms with Crippen LogP contribution in [-0.4, -0.2) is 63.7 Å². The number of amidine groups is 1. The molecule has 1 aromatic rings. The van der Waals surface area contributed by atoms with Gasteiger partial charge in [-0.2, -0.15) is 0 Å². The van der Waals surface area contributed by atoms with E-state index in [1.807, 2.05) is 0 Å². The Morgan fingerprint density at radius 2 is 2.38 bits per heavy atom. The first-order chi connectivity index (χ1) is 12.8. The summed E-state index contributed by atoms with van der Waals surface area (Å²) in [7, 11) is 0. The molecule has 2 N–H and O–H groups in total. The number of fused-ring (bicyclic) bond motifs is 1. The van der Waals surface area contributed by atoms with Crippen molar-refractivity contribution < 1.29 is 4.79 Å². The van der Waals surface area contributed by atoms with E-state index in [2.05, 4.69) is 36.2 Å². The van der Waals surface area contributed by atoms with Crippen LogP contribution in [0.4, 0.5) is 0 Å². The number of thioether (sulfide) groups is 1. The lowest BCUT2D eigenvalue weighted by Crippen LogP contribution is -2.32. The molecule has 140 valence electrons. The minimum Gasteiger partial charge on any atom is -0.350 e. The fourth-order valence-corrected chi connectivity index (χ4v) is 4.55. The summed E-state index contributed by atoms with van der Waals surface area (Å²) in [6.07, 6.45) is 6.05. The Labute approximate surface area is 157 Å². The van der Waals surface area contributed by atoms with E-state index in [0.717, 1.165) is 50.7 Å². The molecule has 0 radical (unpaired) electrons. The quantitative estimate of drug-likeness (QED) is 0.773. The van der Waals surface area contributed by atoms with Gasteiger partial charge in [-0.1, -0.05) is 17.0 Å². The Kier molecular flexibility index (Phi) is 5.54. The van der Waals surface area contributed by atoms with Gasteiger partial charge in [0.05, 0.1) is 6.20 Å². The molecule has 1 atom stereocenters. The highest BCUT2D eigenvalue weighted by molar-refractivity contribution is 8.16. The number of hydrogen-bond acceptors (Lipinski definition) is 7. The van der Waals surface area contributed by atoms with Crippen LogP contribution in [0.2, 0.25) is 0 Å². The second-order valence-electron chi connectivity index (χ2n) is 6.94. The number of carbonyl (C=O) groups is 1. The largest absolute Gasteiger partial charge is 0.350 e. The van der Waals surface area contributed by atoms with E-state index in [0.29, 0.717) is 18.2 Å². The lowest BCUT2D eigenvalue weighted by Gasteiger charge is -2.25. The Morgan fingerprint density at radius 3 is 3.27 bits per heavy atom. The van der Waals surface area contributed by atoms with Gasteiger partial charge in [0.1, 0.15) is 0 Å². The van der Waals surface area contributed by atoms with E-state index < -0.39 is 0 Å². The van der Waals surface area contributed by atoms with E-state index in [1.165, 1.54) is 18.5 Å². The molecule has 1 saturated heterocycles. The number of carbonyl (C=O) groups excluding carboxylic acids is 1. The van der Waals surface area contributed by atoms with Crippen LogP contribution in [0.1, 0.15) is 36.2 Å². The summed E-state index contributed by atoms with van der Waals surface area (Å²) < 4.78 is 1.79. The van der Waals surface area contributed by atoms with Gasteiger partial charge in [-0.25, -0.2) is 0 Å². The van der Waals surface area contributed by atoms with Crippen molar-refractivity contribution in [1.82, 2.24) is 30.5 Å². The molecule has 1 aromatic heterocycles. The SMILES string of the molecule is O=C(NCCC1=CSC2=NCCCN12)c1cn(CC2CCCNC2)nn1. The van der Waals surface area contributed by atoms with Gasteiger partial charge in [0.2, 0.25) is 0 Å². The second-order valence-corrected chi connectivity index (χ2v) is 7.78. The van der Waals surface area contributed by atoms with Crippen LogP contribution in [0, 0.1) is 5.92 Å². The summed E-state index contributed by atoms with van der Waals surface area (Å²) in [5.41, 5.74) is 1.63. The molecule has 0 aliphatic carbocycles. The Hall–Kier alpha value is -1.87. The molecular weight excluding hydrogens is 350 g/mol. The van der Waals surface area contributed by atoms with E-state index in [9.17, 15) is 4.79 Å². The van der Waals surface area contributed by atoms with Crippen LogP contribution in [0.25, 0.3) is 0 Å². The number of amides is 1. The maximum Gasteiger partial charge on any atom is 0.273 e. The third-order valence-corrected chi connectivity index (χ3v) is 5.90. The molecule has 3 aliphatic rings. The third kappa shape index (κ3) is 4.09. The van der Waals surface area contributed by atoms with Crippen LogP contribution in [-0.2, 0) is 6.54 Å². The van der Waals surface area contributed by atoms with Crippen molar-refractivity contribution in [1.29, 1.82) is 0 Å². The Bertz CT molecular complexity index is 708. The highest BCUT2D eigenvalue weighted by atomic mass is 32.2. The van der Waals surface area contributed by atoms with Crippen LogP contribution < -0.4 is 10.6 Å². The van der Waals surface area contributed by atoms with Crippen molar-refractivity contribution in [2.75, 3.05) is 32.7 Å². The fraction of sp³-hybridized carbons (Fsp3) is 0.647. The van der Waals surface area contributed by atoms with Crippen LogP contribution in [0.15, 0.2) is 22.3 Å². The zero-order valence-corrected chi connectivity index (χ0v) is 15.7. The number of aromatic nitrogens is 3. The average Bonchev–Trinajstić information content (AvgIpc) is 3.30. The van der Waals surface area contributed by atoms with Gasteiger partial charge in [-0.3, -0.25) is 14.5 Å². The first kappa shape index (κ1) is 17.5. The molecule has 3 aliphatic heterocycles. The number of hydrogen-bond donors (Lipinski definition) is 2. The molecule has 4 heterocycles. The molecule has 0 spiro atoms. The zero-order valence-electron chi connectivity index (χ0n) is 14.9. The number of aliphatic imine (C=N–C) groups is 1. The zero-order chi connectivity index (χ0) is 17.8. The molecule has 8 nitrogen and oxygen atoms in total. The molecule has 0 saturated carbocycles. The van der Waals surface area contributed by atoms with Crippen molar-refractivity contribution in [3.63, 3.8) is 0 Å². The van der Waals surface area contributed by atoms with Crippen molar-refractivity contribution in [2.24, 2.45) is 10.9 Å². The fourth-order valence-electron chi connectivity index (χ4n) is 3.56. The molecule has 9 heteroatoms. The summed E-state index contributed by atoms with van der Waals surface area (Å²) in [5.74, 6) is 0.408. The van der Waals surface area contributed by atoms with Crippen molar-refractivity contribution in [2.45, 2.75) is 32.2 Å². The predicted octanol–water partition coefficient (Wildman–Crippen LogP) is 1.05. The Morgan fingerprint density at radius 1 is 1.42 bits per heavy atom. The molecule has 0 aromatic carbocycles. The van der Waals surface area contributed by atoms with Gasteiger partial charge in [-0.05, 0) is 43.7 Å². The van der Waals surface area contributed by atoms with Crippen molar-refractivity contribution >= 4 is 22.8 Å². The van der Waals surface area contributed by atoms with Gasteiger partial charge >= 0.3 is 0 Å². The van der Waals surface area contributed by atoms with E-state index in [-0.39, 0.29) is 5.91 Å². The smallest absolute Gasteiger partial charge is 0.273 e. The van der Waals surface area contributed by atoms with E-state index in [1.54, 1.807) is 22.6 Å². The summed E-state index contributed by atoms with van der Waals surface area (Å²) in [5, 5.41) is 17.7. The highest BCUT2D eigenvalue weighted by Gasteiger charge is 2.24. The van der Waals surface area contributed by atoms with Crippen molar-refractivity contribution in [3.05, 3.63) is 23.0 Å². The standard InChI is InChI=1S/C17H25N7OS/c25-16(15-11-23(22-21-15)10-13-3-1-5-18-9-13)19-7-4-14-12-26-17-20-6-2-8-24(14)17/h11-13,18H,1-10H2,(H,19,25). The molecule has 1 fully saturated rings. The highest BCUT2D eigenvalue weighted by Crippen LogP contribution is 2.30. The van der Waals surface area contributed by atoms with Gasteiger partial charge < -0.3 is 15.5 Å². The number of rotatable bonds is 6. The molecule has 0 bridgehead atoms. The average molecular weight is 376 g/mol. The second kappa shape index (κ2) is 8.22. The molecule has 1 amide bonds. The van der Waals surface area contributed by atoms with E-state index in [4.69, 9.17) is 0 Å². The number of nitrogens with one attached hydrogen (secondary N) is 2. The Balaban J connectivity index is 1.24. The van der Waals surface area contributed by atoms with Gasteiger partial charge in [-0.15, -0.1) is 5.10 Å². The summed E-state index contributed by atoms with van der Waals surface area (Å²) in [6.45, 7) is 5.46. The normalized spacial score (nSPS) is 22.6. The van der Waals surface area contributed by atoms with Gasteiger partial charge in [0.25, 0.3) is 5.91 Å². The first-order valence-corrected chi connectivity index (χ1v) is 10.2. The monoisotopic (exact) mass is 375 g/mol. The lowest BCUT2D eigenvalue weighted by atomic mass is 10.00. The van der Waals surface area contributed by atoms with Crippen LogP contribution in [0.5, 0.6) is 0 Å². The first-order valence-electron chi connectivity index (χ1n) is 9.36. The molecule has 1 unspecified atom stereocenters. The topological polar surface area (TPSA) is 87.4 Å². The summed E-state index contributed by atoms with van der Waals surface area (Å²) in [4.78, 5) is 19.1. The minimum atomic E-state index is -0.156. The maximum absolute atomic E-state index is 12.3. The van der Waals surface area contributed by atoms with Gasteiger partial charge in [0, 0.05) is 38.3 Å². The maximum atomic E-state index is 12.3. The van der Waals surface area contributed by atoms with Crippen molar-refractivity contribution in [3.8, 4) is 0 Å². The summed E-state index contributed by atoms with van der Waals surface area (Å²) in [6, 6.07) is 0. The molecule has 26 heavy (non-hydrogen) atoms. The predicted molar refractivity (Wildman–Crippen MR) is 102 cm³/mol. The lowest BCUT2D eigenvalue weighted by molar-refractivity contribution is 0.0948. The summed E-state index contributed by atoms with van der Waals surface area (Å²) >= 11 is 1.68. The third-order valence-electron chi connectivity index (χ3n) is 4.95. The van der Waals surface area contributed by atoms with Gasteiger partial charge in [0.15, 0.2) is 10.9 Å². The van der Waals surface area contributed by atoms with E-state index >= 15 is 0 Å². The van der Waals surface area contributed by atoms with Crippen LogP contribution >= 0.6 is 11.8 Å². The number of piperidine rings is 1. The minimum absolute atomic E-state index is 0.156. The van der Waals surface area contributed by atoms with Crippen LogP contribution in [0.3, 0.4) is 0 Å². The molecular formula is C17H25N7OS. The molecule has 4 rings (SSSR count). The number of nitrogens with zero attached hydrogens (tertiary/aromatic N) is 5.